The minimum Gasteiger partial charge on any atom is -0.460 e. The van der Waals surface area contributed by atoms with Gasteiger partial charge < -0.3 is 29.2 Å². The van der Waals surface area contributed by atoms with Crippen LogP contribution >= 0.6 is 0 Å². The Morgan fingerprint density at radius 2 is 1.64 bits per heavy atom. The highest BCUT2D eigenvalue weighted by Crippen LogP contribution is 2.28. The van der Waals surface area contributed by atoms with Crippen LogP contribution in [-0.2, 0) is 72.0 Å². The summed E-state index contributed by atoms with van der Waals surface area (Å²) in [6, 6.07) is 3.17. The predicted molar refractivity (Wildman–Crippen MR) is 202 cm³/mol. The number of hydrogen-bond donors (Lipinski definition) is 1. The van der Waals surface area contributed by atoms with E-state index in [2.05, 4.69) is 5.32 Å². The minimum absolute atomic E-state index is 0.0448. The van der Waals surface area contributed by atoms with E-state index in [1.165, 1.54) is 4.90 Å². The van der Waals surface area contributed by atoms with E-state index in [-0.39, 0.29) is 62.5 Å². The number of likely N-dealkylation sites (tertiary alicyclic amines) is 1. The van der Waals surface area contributed by atoms with Crippen LogP contribution in [0.1, 0.15) is 84.4 Å². The zero-order valence-electron chi connectivity index (χ0n) is 33.6. The molecule has 0 radical (unpaired) electrons. The van der Waals surface area contributed by atoms with Crippen molar-refractivity contribution in [3.05, 3.63) is 47.0 Å². The number of imide groups is 1. The van der Waals surface area contributed by atoms with Crippen LogP contribution in [0.25, 0.3) is 0 Å². The lowest BCUT2D eigenvalue weighted by Crippen LogP contribution is -2.47. The summed E-state index contributed by atoms with van der Waals surface area (Å²) in [5.41, 5.74) is 1.86. The molecule has 55 heavy (non-hydrogen) atoms. The van der Waals surface area contributed by atoms with Gasteiger partial charge in [0.15, 0.2) is 11.6 Å². The summed E-state index contributed by atoms with van der Waals surface area (Å²) in [5.74, 6) is -4.09. The molecule has 4 amide bonds. The zero-order chi connectivity index (χ0) is 40.9. The maximum Gasteiger partial charge on any atom is 0.311 e. The number of rotatable bonds is 23. The number of amides is 4. The maximum atomic E-state index is 13.5. The molecule has 304 valence electrons. The fraction of sp³-hybridized carbons (Fsp3) is 0.634. The van der Waals surface area contributed by atoms with Crippen molar-refractivity contribution in [1.29, 1.82) is 0 Å². The lowest BCUT2D eigenvalue weighted by atomic mass is 9.89. The summed E-state index contributed by atoms with van der Waals surface area (Å²) < 4.78 is 21.8. The van der Waals surface area contributed by atoms with E-state index in [1.54, 1.807) is 55.6 Å². The normalized spacial score (nSPS) is 18.3. The third kappa shape index (κ3) is 13.2. The Balaban J connectivity index is 1.64. The fourth-order valence-electron chi connectivity index (χ4n) is 6.43. The van der Waals surface area contributed by atoms with Gasteiger partial charge in [0.2, 0.25) is 11.8 Å². The first-order chi connectivity index (χ1) is 26.0. The molecule has 1 fully saturated rings. The summed E-state index contributed by atoms with van der Waals surface area (Å²) in [6.07, 6.45) is 3.58. The Morgan fingerprint density at radius 3 is 2.25 bits per heavy atom. The van der Waals surface area contributed by atoms with Crippen LogP contribution in [0.2, 0.25) is 0 Å². The first-order valence-electron chi connectivity index (χ1n) is 19.1. The molecular weight excluding hydrogens is 710 g/mol. The molecule has 2 heterocycles. The van der Waals surface area contributed by atoms with Crippen molar-refractivity contribution in [2.24, 2.45) is 17.3 Å². The van der Waals surface area contributed by atoms with Gasteiger partial charge in [-0.15, -0.1) is 0 Å². The Hall–Kier alpha value is -4.27. The monoisotopic (exact) mass is 769 g/mol. The van der Waals surface area contributed by atoms with E-state index in [1.807, 2.05) is 18.2 Å². The first-order valence-corrected chi connectivity index (χ1v) is 19.1. The highest BCUT2D eigenvalue weighted by atomic mass is 16.5. The van der Waals surface area contributed by atoms with Crippen molar-refractivity contribution in [3.8, 4) is 0 Å². The van der Waals surface area contributed by atoms with Crippen LogP contribution in [0.4, 0.5) is 0 Å². The van der Waals surface area contributed by atoms with E-state index in [4.69, 9.17) is 18.9 Å². The van der Waals surface area contributed by atoms with Gasteiger partial charge in [-0.1, -0.05) is 32.0 Å². The number of methoxy groups -OCH3 is 1. The number of carbonyl (C=O) groups is 7. The van der Waals surface area contributed by atoms with Gasteiger partial charge in [-0.05, 0) is 70.1 Å². The standard InChI is InChI=1S/C41H59N3O11/c1-9-53-25-31-21-34(44-36(47)14-15-37(44)48)39(50)43(31)23-32(45)22-33(26(2)3)38(49)42-27(4)35(46)20-28-12-13-30(24-55-40(51)41(5,6)7)29(19-28)11-10-16-54-18-17-52-8/h12-15,19,26-27,31,33-34H,9-11,16-18,20-25H2,1-8H3,(H,42,49)/t27-,31-,33-,34-/m0/s1. The molecule has 0 aromatic heterocycles. The van der Waals surface area contributed by atoms with E-state index < -0.39 is 53.1 Å². The molecule has 1 aromatic carbocycles. The molecule has 14 nitrogen and oxygen atoms in total. The van der Waals surface area contributed by atoms with Crippen LogP contribution in [-0.4, -0.2) is 116 Å². The fourth-order valence-corrected chi connectivity index (χ4v) is 6.43. The van der Waals surface area contributed by atoms with Crippen LogP contribution in [0, 0.1) is 17.3 Å². The molecule has 1 aromatic rings. The summed E-state index contributed by atoms with van der Waals surface area (Å²) in [7, 11) is 1.61. The van der Waals surface area contributed by atoms with Gasteiger partial charge in [-0.2, -0.15) is 0 Å². The van der Waals surface area contributed by atoms with Gasteiger partial charge in [-0.25, -0.2) is 0 Å². The topological polar surface area (TPSA) is 175 Å². The maximum absolute atomic E-state index is 13.5. The molecule has 1 saturated heterocycles. The molecule has 0 bridgehead atoms. The van der Waals surface area contributed by atoms with Crippen molar-refractivity contribution in [3.63, 3.8) is 0 Å². The molecule has 14 heteroatoms. The molecule has 1 N–H and O–H groups in total. The second-order valence-electron chi connectivity index (χ2n) is 15.5. The molecule has 0 spiro atoms. The molecule has 2 aliphatic heterocycles. The van der Waals surface area contributed by atoms with Gasteiger partial charge in [-0.3, -0.25) is 38.5 Å². The lowest BCUT2D eigenvalue weighted by molar-refractivity contribution is -0.154. The number of nitrogens with zero attached hydrogens (tertiary/aromatic N) is 2. The van der Waals surface area contributed by atoms with Crippen LogP contribution < -0.4 is 5.32 Å². The number of aryl methyl sites for hydroxylation is 1. The van der Waals surface area contributed by atoms with E-state index in [9.17, 15) is 33.6 Å². The largest absolute Gasteiger partial charge is 0.460 e. The summed E-state index contributed by atoms with van der Waals surface area (Å²) in [4.78, 5) is 93.2. The number of hydrogen-bond acceptors (Lipinski definition) is 11. The SMILES string of the molecule is CCOC[C@@H]1C[C@H](N2C(=O)C=CC2=O)C(=O)N1CC(=O)C[C@H](C(=O)N[C@@H](C)C(=O)Cc1ccc(COC(=O)C(C)(C)C)c(CCCOCCOC)c1)C(C)C. The summed E-state index contributed by atoms with van der Waals surface area (Å²) >= 11 is 0. The van der Waals surface area contributed by atoms with Gasteiger partial charge in [0.1, 0.15) is 12.6 Å². The predicted octanol–water partition coefficient (Wildman–Crippen LogP) is 3.15. The summed E-state index contributed by atoms with van der Waals surface area (Å²) in [5, 5.41) is 2.80. The Morgan fingerprint density at radius 1 is 0.945 bits per heavy atom. The van der Waals surface area contributed by atoms with Gasteiger partial charge >= 0.3 is 5.97 Å². The summed E-state index contributed by atoms with van der Waals surface area (Å²) in [6.45, 7) is 14.2. The van der Waals surface area contributed by atoms with Crippen LogP contribution in [0.15, 0.2) is 30.4 Å². The van der Waals surface area contributed by atoms with Gasteiger partial charge in [0.25, 0.3) is 11.8 Å². The Kier molecular flexibility index (Phi) is 17.3. The molecule has 0 saturated carbocycles. The second kappa shape index (κ2) is 21.1. The number of Topliss-reactive ketones (excluding diaryl/α,β-unsaturated/α-hetero) is 2. The van der Waals surface area contributed by atoms with Crippen LogP contribution in [0.5, 0.6) is 0 Å². The quantitative estimate of drug-likeness (QED) is 0.0984. The third-order valence-electron chi connectivity index (χ3n) is 9.74. The molecule has 0 unspecified atom stereocenters. The van der Waals surface area contributed by atoms with Crippen molar-refractivity contribution in [2.45, 2.75) is 105 Å². The first kappa shape index (κ1) is 45.1. The number of nitrogens with one attached hydrogen (secondary N) is 1. The molecule has 4 atom stereocenters. The number of ether oxygens (including phenoxy) is 4. The van der Waals surface area contributed by atoms with Crippen molar-refractivity contribution in [2.75, 3.05) is 46.7 Å². The van der Waals surface area contributed by atoms with E-state index >= 15 is 0 Å². The van der Waals surface area contributed by atoms with Crippen molar-refractivity contribution in [1.82, 2.24) is 15.1 Å². The third-order valence-corrected chi connectivity index (χ3v) is 9.74. The van der Waals surface area contributed by atoms with Crippen molar-refractivity contribution >= 4 is 41.2 Å². The van der Waals surface area contributed by atoms with Crippen molar-refractivity contribution < 1.29 is 52.5 Å². The second-order valence-corrected chi connectivity index (χ2v) is 15.5. The highest BCUT2D eigenvalue weighted by molar-refractivity contribution is 6.15. The average Bonchev–Trinajstić information content (AvgIpc) is 3.61. The van der Waals surface area contributed by atoms with Crippen LogP contribution in [0.3, 0.4) is 0 Å². The molecule has 2 aliphatic rings. The smallest absolute Gasteiger partial charge is 0.311 e. The molecule has 0 aliphatic carbocycles. The number of carbonyl (C=O) groups excluding carboxylic acids is 7. The molecule has 3 rings (SSSR count). The van der Waals surface area contributed by atoms with Gasteiger partial charge in [0.05, 0.1) is 43.9 Å². The minimum atomic E-state index is -1.04. The van der Waals surface area contributed by atoms with E-state index in [0.717, 1.165) is 33.7 Å². The zero-order valence-corrected chi connectivity index (χ0v) is 33.6. The highest BCUT2D eigenvalue weighted by Gasteiger charge is 2.47. The Labute approximate surface area is 324 Å². The number of ketones is 2. The molecular formula is C41H59N3O11. The lowest BCUT2D eigenvalue weighted by Gasteiger charge is -2.26. The average molecular weight is 770 g/mol. The van der Waals surface area contributed by atoms with E-state index in [0.29, 0.717) is 39.3 Å². The van der Waals surface area contributed by atoms with Gasteiger partial charge in [0, 0.05) is 57.7 Å². The number of benzene rings is 1. The Bertz CT molecular complexity index is 1560. The number of esters is 1.